The molecule has 0 fully saturated rings. The minimum Gasteiger partial charge on any atom is -0.323 e. The monoisotopic (exact) mass is 231 g/mol. The molecule has 0 amide bonds. The van der Waals surface area contributed by atoms with Gasteiger partial charge in [0.2, 0.25) is 0 Å². The molecule has 0 saturated carbocycles. The SMILES string of the molecule is NC(CCCc1ccccc1)c1cccs1. The van der Waals surface area contributed by atoms with E-state index in [1.807, 2.05) is 0 Å². The molecule has 1 heterocycles. The predicted octanol–water partition coefficient (Wildman–Crippen LogP) is 3.77. The van der Waals surface area contributed by atoms with Crippen LogP contribution in [0.25, 0.3) is 0 Å². The summed E-state index contributed by atoms with van der Waals surface area (Å²) in [5.41, 5.74) is 7.52. The average Bonchev–Trinajstić information content (AvgIpc) is 2.84. The maximum atomic E-state index is 6.11. The summed E-state index contributed by atoms with van der Waals surface area (Å²) >= 11 is 1.75. The first-order valence-electron chi connectivity index (χ1n) is 5.69. The van der Waals surface area contributed by atoms with E-state index < -0.39 is 0 Å². The first kappa shape index (κ1) is 11.4. The summed E-state index contributed by atoms with van der Waals surface area (Å²) in [7, 11) is 0. The van der Waals surface area contributed by atoms with Crippen molar-refractivity contribution in [3.63, 3.8) is 0 Å². The molecule has 2 aromatic rings. The fraction of sp³-hybridized carbons (Fsp3) is 0.286. The molecule has 1 nitrogen and oxygen atoms in total. The molecule has 0 spiro atoms. The van der Waals surface area contributed by atoms with E-state index in [0.29, 0.717) is 0 Å². The van der Waals surface area contributed by atoms with Crippen molar-refractivity contribution in [1.82, 2.24) is 0 Å². The highest BCUT2D eigenvalue weighted by Crippen LogP contribution is 2.21. The number of benzene rings is 1. The molecule has 1 aromatic carbocycles. The van der Waals surface area contributed by atoms with Gasteiger partial charge in [0.15, 0.2) is 0 Å². The van der Waals surface area contributed by atoms with Crippen LogP contribution in [0, 0.1) is 0 Å². The zero-order chi connectivity index (χ0) is 11.2. The fourth-order valence-electron chi connectivity index (χ4n) is 1.82. The summed E-state index contributed by atoms with van der Waals surface area (Å²) in [6, 6.07) is 15.0. The summed E-state index contributed by atoms with van der Waals surface area (Å²) in [6.07, 6.45) is 3.35. The molecule has 2 heteroatoms. The minimum atomic E-state index is 0.212. The van der Waals surface area contributed by atoms with E-state index in [4.69, 9.17) is 5.73 Å². The second-order valence-electron chi connectivity index (χ2n) is 4.00. The Morgan fingerprint density at radius 2 is 1.88 bits per heavy atom. The van der Waals surface area contributed by atoms with Gasteiger partial charge >= 0.3 is 0 Å². The van der Waals surface area contributed by atoms with Crippen LogP contribution in [0.5, 0.6) is 0 Å². The van der Waals surface area contributed by atoms with Crippen LogP contribution in [-0.2, 0) is 6.42 Å². The summed E-state index contributed by atoms with van der Waals surface area (Å²) in [6.45, 7) is 0. The lowest BCUT2D eigenvalue weighted by molar-refractivity contribution is 0.620. The van der Waals surface area contributed by atoms with Gasteiger partial charge in [0.25, 0.3) is 0 Å². The molecule has 16 heavy (non-hydrogen) atoms. The first-order valence-corrected chi connectivity index (χ1v) is 6.57. The summed E-state index contributed by atoms with van der Waals surface area (Å²) in [5.74, 6) is 0. The summed E-state index contributed by atoms with van der Waals surface area (Å²) in [4.78, 5) is 1.30. The van der Waals surface area contributed by atoms with Gasteiger partial charge in [-0.1, -0.05) is 36.4 Å². The molecule has 1 atom stereocenters. The van der Waals surface area contributed by atoms with Crippen molar-refractivity contribution >= 4 is 11.3 Å². The molecule has 1 aromatic heterocycles. The lowest BCUT2D eigenvalue weighted by atomic mass is 10.0. The number of rotatable bonds is 5. The van der Waals surface area contributed by atoms with E-state index >= 15 is 0 Å². The molecule has 0 radical (unpaired) electrons. The van der Waals surface area contributed by atoms with E-state index in [1.54, 1.807) is 11.3 Å². The van der Waals surface area contributed by atoms with E-state index in [-0.39, 0.29) is 6.04 Å². The number of nitrogens with two attached hydrogens (primary N) is 1. The van der Waals surface area contributed by atoms with Gasteiger partial charge in [-0.2, -0.15) is 0 Å². The van der Waals surface area contributed by atoms with Gasteiger partial charge < -0.3 is 5.73 Å². The van der Waals surface area contributed by atoms with E-state index in [1.165, 1.54) is 10.4 Å². The largest absolute Gasteiger partial charge is 0.323 e. The molecular weight excluding hydrogens is 214 g/mol. The first-order chi connectivity index (χ1) is 7.86. The summed E-state index contributed by atoms with van der Waals surface area (Å²) < 4.78 is 0. The Bertz CT molecular complexity index is 394. The second kappa shape index (κ2) is 5.83. The highest BCUT2D eigenvalue weighted by atomic mass is 32.1. The molecule has 2 rings (SSSR count). The third-order valence-electron chi connectivity index (χ3n) is 2.73. The average molecular weight is 231 g/mol. The van der Waals surface area contributed by atoms with Gasteiger partial charge in [-0.3, -0.25) is 0 Å². The van der Waals surface area contributed by atoms with Crippen LogP contribution >= 0.6 is 11.3 Å². The van der Waals surface area contributed by atoms with Crippen LogP contribution in [0.1, 0.15) is 29.3 Å². The number of hydrogen-bond acceptors (Lipinski definition) is 2. The highest BCUT2D eigenvalue weighted by Gasteiger charge is 2.06. The third kappa shape index (κ3) is 3.19. The van der Waals surface area contributed by atoms with Crippen LogP contribution in [-0.4, -0.2) is 0 Å². The smallest absolute Gasteiger partial charge is 0.0389 e. The van der Waals surface area contributed by atoms with Crippen molar-refractivity contribution in [2.24, 2.45) is 5.73 Å². The van der Waals surface area contributed by atoms with Crippen LogP contribution in [0.15, 0.2) is 47.8 Å². The standard InChI is InChI=1S/C14H17NS/c15-13(14-10-5-11-16-14)9-4-8-12-6-2-1-3-7-12/h1-3,5-7,10-11,13H,4,8-9,15H2. The Kier molecular flexibility index (Phi) is 4.14. The van der Waals surface area contributed by atoms with Crippen molar-refractivity contribution in [3.05, 3.63) is 58.3 Å². The topological polar surface area (TPSA) is 26.0 Å². The molecular formula is C14H17NS. The third-order valence-corrected chi connectivity index (χ3v) is 3.74. The molecule has 84 valence electrons. The minimum absolute atomic E-state index is 0.212. The quantitative estimate of drug-likeness (QED) is 0.833. The Morgan fingerprint density at radius 3 is 2.56 bits per heavy atom. The molecule has 0 bridgehead atoms. The number of thiophene rings is 1. The lowest BCUT2D eigenvalue weighted by Crippen LogP contribution is -2.08. The van der Waals surface area contributed by atoms with Crippen molar-refractivity contribution in [2.75, 3.05) is 0 Å². The van der Waals surface area contributed by atoms with Crippen molar-refractivity contribution in [1.29, 1.82) is 0 Å². The normalized spacial score (nSPS) is 12.6. The van der Waals surface area contributed by atoms with Crippen molar-refractivity contribution < 1.29 is 0 Å². The Labute approximate surface area is 101 Å². The van der Waals surface area contributed by atoms with Crippen LogP contribution in [0.2, 0.25) is 0 Å². The Hall–Kier alpha value is -1.12. The van der Waals surface area contributed by atoms with E-state index in [9.17, 15) is 0 Å². The van der Waals surface area contributed by atoms with Crippen molar-refractivity contribution in [3.8, 4) is 0 Å². The van der Waals surface area contributed by atoms with E-state index in [2.05, 4.69) is 47.8 Å². The number of aryl methyl sites for hydroxylation is 1. The number of hydrogen-bond donors (Lipinski definition) is 1. The lowest BCUT2D eigenvalue weighted by Gasteiger charge is -2.08. The van der Waals surface area contributed by atoms with Crippen LogP contribution in [0.4, 0.5) is 0 Å². The zero-order valence-electron chi connectivity index (χ0n) is 9.30. The van der Waals surface area contributed by atoms with Crippen molar-refractivity contribution in [2.45, 2.75) is 25.3 Å². The van der Waals surface area contributed by atoms with Crippen LogP contribution in [0.3, 0.4) is 0 Å². The second-order valence-corrected chi connectivity index (χ2v) is 4.98. The Balaban J connectivity index is 1.76. The van der Waals surface area contributed by atoms with E-state index in [0.717, 1.165) is 19.3 Å². The zero-order valence-corrected chi connectivity index (χ0v) is 10.1. The van der Waals surface area contributed by atoms with Gasteiger partial charge in [0.05, 0.1) is 0 Å². The molecule has 1 unspecified atom stereocenters. The van der Waals surface area contributed by atoms with Gasteiger partial charge in [-0.25, -0.2) is 0 Å². The van der Waals surface area contributed by atoms with Gasteiger partial charge in [-0.15, -0.1) is 11.3 Å². The molecule has 0 aliphatic carbocycles. The predicted molar refractivity (Wildman–Crippen MR) is 70.6 cm³/mol. The fourth-order valence-corrected chi connectivity index (χ4v) is 2.58. The van der Waals surface area contributed by atoms with Gasteiger partial charge in [0, 0.05) is 10.9 Å². The molecule has 0 aliphatic heterocycles. The van der Waals surface area contributed by atoms with Gasteiger partial charge in [-0.05, 0) is 36.3 Å². The Morgan fingerprint density at radius 1 is 1.06 bits per heavy atom. The molecule has 2 N–H and O–H groups in total. The molecule has 0 aliphatic rings. The molecule has 0 saturated heterocycles. The van der Waals surface area contributed by atoms with Gasteiger partial charge in [0.1, 0.15) is 0 Å². The summed E-state index contributed by atoms with van der Waals surface area (Å²) in [5, 5.41) is 2.09. The highest BCUT2D eigenvalue weighted by molar-refractivity contribution is 7.10. The maximum Gasteiger partial charge on any atom is 0.0389 e. The van der Waals surface area contributed by atoms with Crippen LogP contribution < -0.4 is 5.73 Å². The maximum absolute atomic E-state index is 6.11.